The highest BCUT2D eigenvalue weighted by Gasteiger charge is 2.34. The quantitative estimate of drug-likeness (QED) is 0.0223. The first-order chi connectivity index (χ1) is 50.9. The maximum absolute atomic E-state index is 13.9. The lowest BCUT2D eigenvalue weighted by Gasteiger charge is -2.27. The lowest BCUT2D eigenvalue weighted by molar-refractivity contribution is 0.0235. The number of esters is 4. The van der Waals surface area contributed by atoms with E-state index in [4.69, 9.17) is 23.7 Å². The topological polar surface area (TPSA) is 257 Å². The molecule has 16 aromatic rings. The molecule has 107 heavy (non-hydrogen) atoms. The molecule has 0 atom stereocenters. The zero-order chi connectivity index (χ0) is 75.2. The first kappa shape index (κ1) is 69.7. The first-order valence-electron chi connectivity index (χ1n) is 36.1. The van der Waals surface area contributed by atoms with Gasteiger partial charge < -0.3 is 44.1 Å². The third-order valence-electron chi connectivity index (χ3n) is 20.5. The monoisotopic (exact) mass is 1450 g/mol. The van der Waals surface area contributed by atoms with E-state index in [0.29, 0.717) is 64.6 Å². The Hall–Kier alpha value is -11.7. The molecule has 16 rings (SSSR count). The molecule has 27 nitrogen and oxygen atoms in total. The standard InChI is InChI=1S/C80H88N14O13/c1-77(2,3)53-17-25-69(95)65(45-53)91-83-57-21-13-49(41-61(57)87(83)91)73(99)104-36-32-81(31-35-103-39-40-107-76(102)52-16-24-60-64(44-52)90-86(60)94(90)68-48-56(80(10,11)12)20-28-72(68)98)29-30-82(33-37-105-74(100)50-14-22-58-62(42-50)88-84(58)92(88)66-46-54(78(4,5)6)18-26-70(66)96)34-38-106-75(101)51-15-23-59-63(43-51)89-85(59)93(89)67-47-55(79(7,8)9)19-27-71(67)97/h13-28,41-48,95-98H,29-40H2,1-12H3. The molecule has 8 aromatic carbocycles. The van der Waals surface area contributed by atoms with Gasteiger partial charge in [0.2, 0.25) is 0 Å². The lowest BCUT2D eigenvalue weighted by atomic mass is 9.87. The number of benzene rings is 8. The van der Waals surface area contributed by atoms with Gasteiger partial charge in [-0.25, -0.2) is 19.2 Å². The molecule has 0 unspecified atom stereocenters. The molecule has 0 radical (unpaired) electrons. The number of phenolic OH excluding ortho intramolecular Hbond substituents is 4. The molecule has 8 aromatic heterocycles. The van der Waals surface area contributed by atoms with Crippen LogP contribution in [0.3, 0.4) is 0 Å². The summed E-state index contributed by atoms with van der Waals surface area (Å²) in [6, 6.07) is 43.7. The van der Waals surface area contributed by atoms with Crippen LogP contribution in [-0.4, -0.2) is 189 Å². The van der Waals surface area contributed by atoms with Gasteiger partial charge in [0.25, 0.3) is 0 Å². The number of carbonyl (C=O) groups excluding carboxylic acids is 4. The van der Waals surface area contributed by atoms with Gasteiger partial charge in [-0.05, 0) is 165 Å². The van der Waals surface area contributed by atoms with Gasteiger partial charge in [0.05, 0.1) is 35.5 Å². The highest BCUT2D eigenvalue weighted by Crippen LogP contribution is 2.40. The molecular weight excluding hydrogens is 1360 g/mol. The van der Waals surface area contributed by atoms with Gasteiger partial charge in [-0.1, -0.05) is 107 Å². The van der Waals surface area contributed by atoms with Crippen molar-refractivity contribution < 1.29 is 63.3 Å². The minimum atomic E-state index is -0.533. The van der Waals surface area contributed by atoms with E-state index in [1.54, 1.807) is 72.8 Å². The number of hydrogen-bond donors (Lipinski definition) is 4. The highest BCUT2D eigenvalue weighted by atomic mass is 16.6. The Kier molecular flexibility index (Phi) is 16.6. The smallest absolute Gasteiger partial charge is 0.338 e. The van der Waals surface area contributed by atoms with Gasteiger partial charge >= 0.3 is 23.9 Å². The number of carbonyl (C=O) groups is 4. The molecule has 27 heteroatoms. The zero-order valence-electron chi connectivity index (χ0n) is 62.1. The normalized spacial score (nSPS) is 13.1. The second kappa shape index (κ2) is 25.5. The van der Waals surface area contributed by atoms with Crippen molar-refractivity contribution in [2.24, 2.45) is 0 Å². The van der Waals surface area contributed by atoms with E-state index in [0.717, 1.165) is 66.4 Å². The first-order valence-corrected chi connectivity index (χ1v) is 36.1. The van der Waals surface area contributed by atoms with Gasteiger partial charge in [0, 0.05) is 39.3 Å². The Morgan fingerprint density at radius 2 is 0.514 bits per heavy atom. The van der Waals surface area contributed by atoms with E-state index in [1.165, 1.54) is 0 Å². The zero-order valence-corrected chi connectivity index (χ0v) is 62.1. The van der Waals surface area contributed by atoms with Gasteiger partial charge in [0.1, 0.15) is 116 Å². The fraction of sp³-hybridized carbons (Fsp3) is 0.350. The summed E-state index contributed by atoms with van der Waals surface area (Å²) in [5.41, 5.74) is 14.2. The van der Waals surface area contributed by atoms with E-state index in [2.05, 4.69) is 88.0 Å². The fourth-order valence-electron chi connectivity index (χ4n) is 13.9. The summed E-state index contributed by atoms with van der Waals surface area (Å²) in [5.74, 6) is -1.59. The third kappa shape index (κ3) is 12.6. The maximum Gasteiger partial charge on any atom is 0.338 e. The minimum Gasteiger partial charge on any atom is -0.506 e. The van der Waals surface area contributed by atoms with Crippen molar-refractivity contribution in [3.8, 4) is 45.7 Å². The van der Waals surface area contributed by atoms with Gasteiger partial charge in [-0.3, -0.25) is 9.80 Å². The molecule has 0 saturated carbocycles. The molecule has 0 spiro atoms. The second-order valence-electron chi connectivity index (χ2n) is 31.9. The van der Waals surface area contributed by atoms with Crippen molar-refractivity contribution in [3.63, 3.8) is 0 Å². The predicted molar refractivity (Wildman–Crippen MR) is 402 cm³/mol. The molecule has 0 aliphatic carbocycles. The largest absolute Gasteiger partial charge is 0.506 e. The van der Waals surface area contributed by atoms with Crippen LogP contribution in [0.25, 0.3) is 66.9 Å². The van der Waals surface area contributed by atoms with Gasteiger partial charge in [0.15, 0.2) is 0 Å². The van der Waals surface area contributed by atoms with E-state index in [9.17, 15) is 39.6 Å². The van der Waals surface area contributed by atoms with Crippen LogP contribution in [0, 0.1) is 0 Å². The molecule has 0 saturated heterocycles. The van der Waals surface area contributed by atoms with Crippen molar-refractivity contribution in [2.45, 2.75) is 105 Å². The number of phenols is 4. The van der Waals surface area contributed by atoms with Gasteiger partial charge in [-0.2, -0.15) is 0 Å². The second-order valence-corrected chi connectivity index (χ2v) is 31.9. The molecule has 0 amide bonds. The Bertz CT molecular complexity index is 5820. The molecule has 4 N–H and O–H groups in total. The number of aromatic nitrogens is 12. The SMILES string of the molecule is CC(C)(C)c1ccc(O)c(-n2n3c4ccc(C(=O)OCCOCCN(CCOC(=O)c5ccc6c(c5)n5n(-c7cc(C(C)(C)C)ccc7O)n65)CCN(CCOC(=O)c5ccc6c(c5)n5n(-c7cc(C(C)(C)C)ccc7O)n65)CCOC(=O)c5ccc6c(c5)n5n(-c7cc(C(C)(C)C)ccc7O)n65)cc4n23)c1. The van der Waals surface area contributed by atoms with Crippen molar-refractivity contribution >= 4 is 68.0 Å². The van der Waals surface area contributed by atoms with E-state index in [-0.39, 0.29) is 104 Å². The lowest BCUT2D eigenvalue weighted by Crippen LogP contribution is -2.41. The number of aromatic hydroxyl groups is 4. The predicted octanol–water partition coefficient (Wildman–Crippen LogP) is 12.0. The molecule has 0 aliphatic rings. The number of rotatable bonds is 26. The Morgan fingerprint density at radius 1 is 0.280 bits per heavy atom. The summed E-state index contributed by atoms with van der Waals surface area (Å²) in [5, 5.41) is 43.7. The summed E-state index contributed by atoms with van der Waals surface area (Å²) in [6.45, 7) is 27.5. The van der Waals surface area contributed by atoms with E-state index >= 15 is 0 Å². The molecule has 0 fully saturated rings. The van der Waals surface area contributed by atoms with Crippen LogP contribution >= 0.6 is 0 Å². The van der Waals surface area contributed by atoms with Crippen LogP contribution in [0.15, 0.2) is 146 Å². The van der Waals surface area contributed by atoms with Crippen LogP contribution in [0.5, 0.6) is 23.0 Å². The van der Waals surface area contributed by atoms with Crippen LogP contribution < -0.4 is 0 Å². The summed E-state index contributed by atoms with van der Waals surface area (Å²) >= 11 is 0. The summed E-state index contributed by atoms with van der Waals surface area (Å²) in [7, 11) is 0. The fourth-order valence-corrected chi connectivity index (χ4v) is 13.9. The molecule has 0 aliphatic heterocycles. The van der Waals surface area contributed by atoms with Crippen molar-refractivity contribution in [2.75, 3.05) is 78.9 Å². The Labute approximate surface area is 614 Å². The number of nitrogens with zero attached hydrogens (tertiary/aromatic N) is 14. The van der Waals surface area contributed by atoms with Gasteiger partial charge in [-0.15, -0.1) is 56.2 Å². The third-order valence-corrected chi connectivity index (χ3v) is 20.5. The van der Waals surface area contributed by atoms with Crippen LogP contribution in [0.1, 0.15) is 147 Å². The maximum atomic E-state index is 13.9. The van der Waals surface area contributed by atoms with E-state index in [1.807, 2.05) is 134 Å². The Morgan fingerprint density at radius 3 is 0.766 bits per heavy atom. The van der Waals surface area contributed by atoms with Crippen LogP contribution in [0.2, 0.25) is 0 Å². The number of hydrogen-bond acceptors (Lipinski definition) is 15. The van der Waals surface area contributed by atoms with Crippen molar-refractivity contribution in [1.82, 2.24) is 66.0 Å². The molecule has 0 bridgehead atoms. The van der Waals surface area contributed by atoms with Crippen LogP contribution in [0.4, 0.5) is 0 Å². The average molecular weight is 1450 g/mol. The average Bonchev–Trinajstić information content (AvgIpc) is 1.53. The Balaban J connectivity index is 0.599. The summed E-state index contributed by atoms with van der Waals surface area (Å²) < 4.78 is 44.9. The molecule has 556 valence electrons. The molecular formula is C80H88N14O13. The van der Waals surface area contributed by atoms with E-state index < -0.39 is 23.9 Å². The van der Waals surface area contributed by atoms with Crippen molar-refractivity contribution in [3.05, 3.63) is 190 Å². The summed E-state index contributed by atoms with van der Waals surface area (Å²) in [4.78, 5) is 66.8. The van der Waals surface area contributed by atoms with Crippen LogP contribution in [-0.2, 0) is 45.3 Å². The number of fused-ring (bicyclic) bond motifs is 16. The highest BCUT2D eigenvalue weighted by molar-refractivity contribution is 5.97. The molecule has 8 heterocycles. The summed E-state index contributed by atoms with van der Waals surface area (Å²) in [6.07, 6.45) is 0. The van der Waals surface area contributed by atoms with Crippen molar-refractivity contribution in [1.29, 1.82) is 0 Å². The minimum absolute atomic E-state index is 0.00671. The number of ether oxygens (including phenoxy) is 5.